The molecule has 0 spiro atoms. The minimum Gasteiger partial charge on any atom is -0.493 e. The zero-order chi connectivity index (χ0) is 17.4. The fourth-order valence-corrected chi connectivity index (χ4v) is 2.48. The molecule has 0 atom stereocenters. The van der Waals surface area contributed by atoms with Gasteiger partial charge in [0.25, 0.3) is 0 Å². The molecular formula is C19H26IN3O2. The Kier molecular flexibility index (Phi) is 9.12. The summed E-state index contributed by atoms with van der Waals surface area (Å²) in [5.74, 6) is 2.20. The third kappa shape index (κ3) is 5.81. The number of nitrogens with one attached hydrogen (secondary N) is 2. The Bertz CT molecular complexity index is 705. The van der Waals surface area contributed by atoms with E-state index in [4.69, 9.17) is 9.47 Å². The number of halogens is 1. The summed E-state index contributed by atoms with van der Waals surface area (Å²) in [6, 6.07) is 14.1. The fraction of sp³-hybridized carbons (Fsp3) is 0.316. The van der Waals surface area contributed by atoms with Gasteiger partial charge in [-0.1, -0.05) is 36.4 Å². The third-order valence-corrected chi connectivity index (χ3v) is 3.86. The first-order chi connectivity index (χ1) is 11.7. The van der Waals surface area contributed by atoms with Crippen LogP contribution in [0.5, 0.6) is 11.5 Å². The highest BCUT2D eigenvalue weighted by atomic mass is 127. The number of nitrogens with zero attached hydrogens (tertiary/aromatic N) is 1. The first-order valence-electron chi connectivity index (χ1n) is 7.88. The number of hydrogen-bond acceptors (Lipinski definition) is 3. The van der Waals surface area contributed by atoms with Gasteiger partial charge < -0.3 is 20.1 Å². The van der Waals surface area contributed by atoms with Gasteiger partial charge in [0.2, 0.25) is 0 Å². The smallest absolute Gasteiger partial charge is 0.191 e. The summed E-state index contributed by atoms with van der Waals surface area (Å²) in [4.78, 5) is 4.27. The Labute approximate surface area is 166 Å². The minimum absolute atomic E-state index is 0. The molecule has 0 saturated heterocycles. The van der Waals surface area contributed by atoms with Crippen molar-refractivity contribution in [2.24, 2.45) is 4.99 Å². The molecule has 0 heterocycles. The standard InChI is InChI=1S/C19H25N3O2.HI/c1-14-8-5-6-9-15(14)12-21-19(20-2)22-13-16-10-7-11-17(23-3)18(16)24-4;/h5-11H,12-13H2,1-4H3,(H2,20,21,22);1H. The van der Waals surface area contributed by atoms with Gasteiger partial charge in [0, 0.05) is 25.7 Å². The molecule has 2 rings (SSSR count). The number of para-hydroxylation sites is 1. The molecule has 0 aliphatic heterocycles. The molecule has 0 bridgehead atoms. The summed E-state index contributed by atoms with van der Waals surface area (Å²) in [6.07, 6.45) is 0. The monoisotopic (exact) mass is 455 g/mol. The van der Waals surface area contributed by atoms with Gasteiger partial charge in [-0.3, -0.25) is 4.99 Å². The van der Waals surface area contributed by atoms with Gasteiger partial charge in [-0.15, -0.1) is 24.0 Å². The highest BCUT2D eigenvalue weighted by molar-refractivity contribution is 14.0. The van der Waals surface area contributed by atoms with Crippen LogP contribution in [-0.2, 0) is 13.1 Å². The van der Waals surface area contributed by atoms with Crippen molar-refractivity contribution in [1.82, 2.24) is 10.6 Å². The van der Waals surface area contributed by atoms with Gasteiger partial charge in [-0.2, -0.15) is 0 Å². The van der Waals surface area contributed by atoms with Crippen LogP contribution in [0.2, 0.25) is 0 Å². The lowest BCUT2D eigenvalue weighted by Crippen LogP contribution is -2.36. The van der Waals surface area contributed by atoms with Crippen LogP contribution < -0.4 is 20.1 Å². The van der Waals surface area contributed by atoms with Crippen LogP contribution in [0.15, 0.2) is 47.5 Å². The normalized spacial score (nSPS) is 10.6. The van der Waals surface area contributed by atoms with Gasteiger partial charge in [-0.25, -0.2) is 0 Å². The van der Waals surface area contributed by atoms with E-state index in [1.165, 1.54) is 11.1 Å². The summed E-state index contributed by atoms with van der Waals surface area (Å²) >= 11 is 0. The lowest BCUT2D eigenvalue weighted by Gasteiger charge is -2.16. The molecule has 0 unspecified atom stereocenters. The van der Waals surface area contributed by atoms with Gasteiger partial charge >= 0.3 is 0 Å². The van der Waals surface area contributed by atoms with E-state index in [1.807, 2.05) is 30.3 Å². The van der Waals surface area contributed by atoms with E-state index in [0.717, 1.165) is 29.6 Å². The molecule has 136 valence electrons. The molecule has 2 aromatic rings. The van der Waals surface area contributed by atoms with Crippen LogP contribution >= 0.6 is 24.0 Å². The Morgan fingerprint density at radius 2 is 1.56 bits per heavy atom. The summed E-state index contributed by atoms with van der Waals surface area (Å²) in [5, 5.41) is 6.63. The lowest BCUT2D eigenvalue weighted by atomic mass is 10.1. The molecule has 0 aliphatic carbocycles. The maximum absolute atomic E-state index is 5.45. The van der Waals surface area contributed by atoms with Crippen LogP contribution in [0.3, 0.4) is 0 Å². The van der Waals surface area contributed by atoms with E-state index < -0.39 is 0 Å². The van der Waals surface area contributed by atoms with Crippen molar-refractivity contribution in [3.8, 4) is 11.5 Å². The highest BCUT2D eigenvalue weighted by Crippen LogP contribution is 2.30. The van der Waals surface area contributed by atoms with Crippen molar-refractivity contribution >= 4 is 29.9 Å². The zero-order valence-electron chi connectivity index (χ0n) is 15.1. The van der Waals surface area contributed by atoms with E-state index in [2.05, 4.69) is 34.7 Å². The van der Waals surface area contributed by atoms with Gasteiger partial charge in [0.1, 0.15) is 0 Å². The lowest BCUT2D eigenvalue weighted by molar-refractivity contribution is 0.351. The Balaban J connectivity index is 0.00000312. The largest absolute Gasteiger partial charge is 0.493 e. The summed E-state index contributed by atoms with van der Waals surface area (Å²) in [5.41, 5.74) is 3.52. The number of rotatable bonds is 6. The molecule has 2 N–H and O–H groups in total. The SMILES string of the molecule is CN=C(NCc1ccccc1C)NCc1cccc(OC)c1OC.I. The topological polar surface area (TPSA) is 54.9 Å². The highest BCUT2D eigenvalue weighted by Gasteiger charge is 2.09. The van der Waals surface area contributed by atoms with Crippen LogP contribution in [0.25, 0.3) is 0 Å². The number of methoxy groups -OCH3 is 2. The molecule has 0 aliphatic rings. The molecule has 0 aromatic heterocycles. The zero-order valence-corrected chi connectivity index (χ0v) is 17.5. The molecule has 0 fully saturated rings. The molecule has 2 aromatic carbocycles. The number of ether oxygens (including phenoxy) is 2. The van der Waals surface area contributed by atoms with Crippen LogP contribution in [0.1, 0.15) is 16.7 Å². The van der Waals surface area contributed by atoms with Crippen molar-refractivity contribution in [2.75, 3.05) is 21.3 Å². The second-order valence-electron chi connectivity index (χ2n) is 5.36. The van der Waals surface area contributed by atoms with E-state index in [1.54, 1.807) is 21.3 Å². The van der Waals surface area contributed by atoms with Gasteiger partial charge in [0.05, 0.1) is 14.2 Å². The molecule has 5 nitrogen and oxygen atoms in total. The Morgan fingerprint density at radius 1 is 0.920 bits per heavy atom. The summed E-state index contributed by atoms with van der Waals surface area (Å²) in [6.45, 7) is 3.42. The predicted octanol–water partition coefficient (Wildman–Crippen LogP) is 3.50. The summed E-state index contributed by atoms with van der Waals surface area (Å²) < 4.78 is 10.8. The Morgan fingerprint density at radius 3 is 2.16 bits per heavy atom. The molecule has 25 heavy (non-hydrogen) atoms. The van der Waals surface area contributed by atoms with Gasteiger partial charge in [-0.05, 0) is 24.1 Å². The van der Waals surface area contributed by atoms with Crippen molar-refractivity contribution in [2.45, 2.75) is 20.0 Å². The average molecular weight is 455 g/mol. The van der Waals surface area contributed by atoms with Crippen LogP contribution in [0, 0.1) is 6.92 Å². The maximum atomic E-state index is 5.45. The van der Waals surface area contributed by atoms with Crippen LogP contribution in [0.4, 0.5) is 0 Å². The van der Waals surface area contributed by atoms with E-state index in [0.29, 0.717) is 6.54 Å². The number of aliphatic imine (C=N–C) groups is 1. The molecule has 0 amide bonds. The van der Waals surface area contributed by atoms with Crippen molar-refractivity contribution in [1.29, 1.82) is 0 Å². The van der Waals surface area contributed by atoms with Crippen molar-refractivity contribution in [3.05, 3.63) is 59.2 Å². The number of guanidine groups is 1. The molecular weight excluding hydrogens is 429 g/mol. The molecule has 6 heteroatoms. The number of hydrogen-bond donors (Lipinski definition) is 2. The molecule has 0 saturated carbocycles. The first-order valence-corrected chi connectivity index (χ1v) is 7.88. The second-order valence-corrected chi connectivity index (χ2v) is 5.36. The fourth-order valence-electron chi connectivity index (χ4n) is 2.48. The second kappa shape index (κ2) is 10.8. The minimum atomic E-state index is 0. The van der Waals surface area contributed by atoms with Crippen LogP contribution in [-0.4, -0.2) is 27.2 Å². The average Bonchev–Trinajstić information content (AvgIpc) is 2.62. The summed E-state index contributed by atoms with van der Waals surface area (Å²) in [7, 11) is 5.04. The maximum Gasteiger partial charge on any atom is 0.191 e. The predicted molar refractivity (Wildman–Crippen MR) is 113 cm³/mol. The van der Waals surface area contributed by atoms with E-state index in [-0.39, 0.29) is 24.0 Å². The Hall–Kier alpha value is -1.96. The number of aryl methyl sites for hydroxylation is 1. The first kappa shape index (κ1) is 21.1. The van der Waals surface area contributed by atoms with E-state index in [9.17, 15) is 0 Å². The molecule has 0 radical (unpaired) electrons. The van der Waals surface area contributed by atoms with Gasteiger partial charge in [0.15, 0.2) is 17.5 Å². The van der Waals surface area contributed by atoms with E-state index >= 15 is 0 Å². The van der Waals surface area contributed by atoms with Crippen molar-refractivity contribution < 1.29 is 9.47 Å². The quantitative estimate of drug-likeness (QED) is 0.398. The third-order valence-electron chi connectivity index (χ3n) is 3.86. The van der Waals surface area contributed by atoms with Crippen molar-refractivity contribution in [3.63, 3.8) is 0 Å². The number of benzene rings is 2.